The molecule has 0 bridgehead atoms. The molecule has 1 rings (SSSR count). The van der Waals surface area contributed by atoms with E-state index in [2.05, 4.69) is 18.8 Å². The number of aliphatic hydroxyl groups excluding tert-OH is 1. The Balaban J connectivity index is 2.57. The van der Waals surface area contributed by atoms with Gasteiger partial charge < -0.3 is 10.0 Å². The highest BCUT2D eigenvalue weighted by Crippen LogP contribution is 2.18. The topological polar surface area (TPSA) is 40.5 Å². The summed E-state index contributed by atoms with van der Waals surface area (Å²) in [5.41, 5.74) is 0. The van der Waals surface area contributed by atoms with Crippen molar-refractivity contribution in [3.8, 4) is 11.8 Å². The molecule has 1 saturated heterocycles. The van der Waals surface area contributed by atoms with Crippen LogP contribution in [-0.4, -0.2) is 34.6 Å². The highest BCUT2D eigenvalue weighted by atomic mass is 16.3. The minimum absolute atomic E-state index is 0.00683. The number of rotatable bonds is 7. The summed E-state index contributed by atoms with van der Waals surface area (Å²) in [6, 6.07) is 0.00683. The summed E-state index contributed by atoms with van der Waals surface area (Å²) in [6.45, 7) is 4.95. The third-order valence-corrected chi connectivity index (χ3v) is 4.12. The molecule has 0 aliphatic carbocycles. The second-order valence-corrected chi connectivity index (χ2v) is 5.98. The molecule has 0 aromatic heterocycles. The number of nitrogens with zero attached hydrogens (tertiary/aromatic N) is 1. The van der Waals surface area contributed by atoms with Gasteiger partial charge in [0, 0.05) is 13.0 Å². The Bertz CT molecular complexity index is 356. The molecule has 120 valence electrons. The second kappa shape index (κ2) is 10.7. The minimum atomic E-state index is -0.560. The molecule has 1 unspecified atom stereocenters. The molecule has 1 fully saturated rings. The zero-order valence-corrected chi connectivity index (χ0v) is 13.7. The predicted molar refractivity (Wildman–Crippen MR) is 86.8 cm³/mol. The van der Waals surface area contributed by atoms with E-state index in [-0.39, 0.29) is 11.9 Å². The molecule has 1 aliphatic rings. The van der Waals surface area contributed by atoms with Gasteiger partial charge in [-0.05, 0) is 32.1 Å². The zero-order chi connectivity index (χ0) is 15.5. The van der Waals surface area contributed by atoms with Crippen LogP contribution < -0.4 is 0 Å². The standard InChI is InChI=1S/C18H31NO2/c1-3-5-6-7-10-15-19-16(13-14-17(20)4-2)11-8-9-12-18(19)21/h16-17,20H,3-12,15H2,1-2H3/t16-,17?/m1/s1. The van der Waals surface area contributed by atoms with Crippen molar-refractivity contribution in [3.63, 3.8) is 0 Å². The normalized spacial score (nSPS) is 20.6. The molecule has 0 aromatic rings. The van der Waals surface area contributed by atoms with E-state index >= 15 is 0 Å². The molecule has 0 aromatic carbocycles. The van der Waals surface area contributed by atoms with Crippen LogP contribution >= 0.6 is 0 Å². The summed E-state index contributed by atoms with van der Waals surface area (Å²) < 4.78 is 0. The van der Waals surface area contributed by atoms with Crippen LogP contribution in [0.4, 0.5) is 0 Å². The third-order valence-electron chi connectivity index (χ3n) is 4.12. The van der Waals surface area contributed by atoms with E-state index in [1.807, 2.05) is 11.8 Å². The first kappa shape index (κ1) is 18.0. The van der Waals surface area contributed by atoms with E-state index in [1.54, 1.807) is 0 Å². The monoisotopic (exact) mass is 293 g/mol. The Morgan fingerprint density at radius 3 is 2.71 bits per heavy atom. The van der Waals surface area contributed by atoms with Crippen molar-refractivity contribution < 1.29 is 9.90 Å². The van der Waals surface area contributed by atoms with Crippen molar-refractivity contribution >= 4 is 5.91 Å². The number of unbranched alkanes of at least 4 members (excludes halogenated alkanes) is 4. The fourth-order valence-corrected chi connectivity index (χ4v) is 2.70. The first-order chi connectivity index (χ1) is 10.2. The molecule has 0 spiro atoms. The largest absolute Gasteiger partial charge is 0.380 e. The summed E-state index contributed by atoms with van der Waals surface area (Å²) in [4.78, 5) is 14.2. The number of hydrogen-bond acceptors (Lipinski definition) is 2. The van der Waals surface area contributed by atoms with E-state index in [1.165, 1.54) is 25.7 Å². The van der Waals surface area contributed by atoms with Crippen molar-refractivity contribution in [1.29, 1.82) is 0 Å². The summed E-state index contributed by atoms with van der Waals surface area (Å²) in [5, 5.41) is 9.61. The Labute approximate surface area is 130 Å². The van der Waals surface area contributed by atoms with Gasteiger partial charge in [0.2, 0.25) is 5.91 Å². The number of carbonyl (C=O) groups excluding carboxylic acids is 1. The van der Waals surface area contributed by atoms with Crippen LogP contribution in [0.5, 0.6) is 0 Å². The summed E-state index contributed by atoms with van der Waals surface area (Å²) in [7, 11) is 0. The fourth-order valence-electron chi connectivity index (χ4n) is 2.70. The average molecular weight is 293 g/mol. The van der Waals surface area contributed by atoms with Crippen LogP contribution in [-0.2, 0) is 4.79 Å². The van der Waals surface area contributed by atoms with Crippen molar-refractivity contribution in [1.82, 2.24) is 4.90 Å². The van der Waals surface area contributed by atoms with Crippen molar-refractivity contribution in [2.45, 2.75) is 90.2 Å². The average Bonchev–Trinajstić information content (AvgIpc) is 2.66. The maximum absolute atomic E-state index is 12.3. The van der Waals surface area contributed by atoms with Gasteiger partial charge in [-0.1, -0.05) is 51.4 Å². The highest BCUT2D eigenvalue weighted by Gasteiger charge is 2.24. The molecule has 0 saturated carbocycles. The van der Waals surface area contributed by atoms with Crippen LogP contribution in [0.2, 0.25) is 0 Å². The maximum atomic E-state index is 12.3. The molecule has 1 N–H and O–H groups in total. The van der Waals surface area contributed by atoms with Crippen LogP contribution in [0.1, 0.15) is 78.1 Å². The smallest absolute Gasteiger partial charge is 0.223 e. The Morgan fingerprint density at radius 2 is 2.00 bits per heavy atom. The zero-order valence-electron chi connectivity index (χ0n) is 13.7. The van der Waals surface area contributed by atoms with Crippen LogP contribution in [0.3, 0.4) is 0 Å². The lowest BCUT2D eigenvalue weighted by atomic mass is 10.1. The van der Waals surface area contributed by atoms with E-state index < -0.39 is 6.10 Å². The number of amides is 1. The van der Waals surface area contributed by atoms with Gasteiger partial charge in [-0.15, -0.1) is 0 Å². The van der Waals surface area contributed by atoms with Gasteiger partial charge in [0.15, 0.2) is 0 Å². The van der Waals surface area contributed by atoms with Gasteiger partial charge in [0.05, 0.1) is 6.04 Å². The van der Waals surface area contributed by atoms with Gasteiger partial charge in [-0.2, -0.15) is 0 Å². The molecular formula is C18H31NO2. The number of hydrogen-bond donors (Lipinski definition) is 1. The summed E-state index contributed by atoms with van der Waals surface area (Å²) >= 11 is 0. The van der Waals surface area contributed by atoms with Crippen molar-refractivity contribution in [3.05, 3.63) is 0 Å². The molecule has 1 aliphatic heterocycles. The van der Waals surface area contributed by atoms with E-state index in [9.17, 15) is 9.90 Å². The van der Waals surface area contributed by atoms with Crippen molar-refractivity contribution in [2.24, 2.45) is 0 Å². The van der Waals surface area contributed by atoms with E-state index in [4.69, 9.17) is 0 Å². The number of carbonyl (C=O) groups is 1. The Kier molecular flexibility index (Phi) is 9.17. The second-order valence-electron chi connectivity index (χ2n) is 5.98. The maximum Gasteiger partial charge on any atom is 0.223 e. The van der Waals surface area contributed by atoms with Gasteiger partial charge in [-0.25, -0.2) is 0 Å². The highest BCUT2D eigenvalue weighted by molar-refractivity contribution is 5.77. The minimum Gasteiger partial charge on any atom is -0.380 e. The summed E-state index contributed by atoms with van der Waals surface area (Å²) in [5.74, 6) is 6.30. The predicted octanol–water partition coefficient (Wildman–Crippen LogP) is 3.50. The van der Waals surface area contributed by atoms with Crippen LogP contribution in [0, 0.1) is 11.8 Å². The van der Waals surface area contributed by atoms with Gasteiger partial charge in [-0.3, -0.25) is 4.79 Å². The van der Waals surface area contributed by atoms with E-state index in [0.29, 0.717) is 12.8 Å². The SMILES string of the molecule is CCCCCCCN1C(=O)CCCC[C@@H]1C#CC(O)CC. The van der Waals surface area contributed by atoms with Crippen LogP contribution in [0.25, 0.3) is 0 Å². The first-order valence-electron chi connectivity index (χ1n) is 8.67. The molecule has 2 atom stereocenters. The number of likely N-dealkylation sites (tertiary alicyclic amines) is 1. The van der Waals surface area contributed by atoms with E-state index in [0.717, 1.165) is 32.2 Å². The molecular weight excluding hydrogens is 262 g/mol. The fraction of sp³-hybridized carbons (Fsp3) is 0.833. The van der Waals surface area contributed by atoms with Gasteiger partial charge >= 0.3 is 0 Å². The molecule has 3 nitrogen and oxygen atoms in total. The molecule has 0 radical (unpaired) electrons. The lowest BCUT2D eigenvalue weighted by molar-refractivity contribution is -0.131. The van der Waals surface area contributed by atoms with Crippen LogP contribution in [0.15, 0.2) is 0 Å². The summed E-state index contributed by atoms with van der Waals surface area (Å²) in [6.07, 6.45) is 9.75. The van der Waals surface area contributed by atoms with Gasteiger partial charge in [0.1, 0.15) is 6.10 Å². The molecule has 1 amide bonds. The Hall–Kier alpha value is -1.01. The third kappa shape index (κ3) is 7.00. The van der Waals surface area contributed by atoms with Crippen molar-refractivity contribution in [2.75, 3.05) is 6.54 Å². The Morgan fingerprint density at radius 1 is 1.24 bits per heavy atom. The first-order valence-corrected chi connectivity index (χ1v) is 8.67. The molecule has 3 heteroatoms. The lowest BCUT2D eigenvalue weighted by Crippen LogP contribution is -2.39. The lowest BCUT2D eigenvalue weighted by Gasteiger charge is -2.26. The number of aliphatic hydroxyl groups is 1. The quantitative estimate of drug-likeness (QED) is 0.576. The molecule has 1 heterocycles. The molecule has 21 heavy (non-hydrogen) atoms. The van der Waals surface area contributed by atoms with Gasteiger partial charge in [0.25, 0.3) is 0 Å².